The lowest BCUT2D eigenvalue weighted by Gasteiger charge is -2.29. The Morgan fingerprint density at radius 2 is 1.96 bits per heavy atom. The molecule has 120 valence electrons. The Bertz CT molecular complexity index is 894. The average Bonchev–Trinajstić information content (AvgIpc) is 2.93. The van der Waals surface area contributed by atoms with Crippen molar-refractivity contribution in [1.82, 2.24) is 0 Å². The third-order valence-corrected chi connectivity index (χ3v) is 4.43. The van der Waals surface area contributed by atoms with Gasteiger partial charge < -0.3 is 10.0 Å². The molecule has 0 unspecified atom stereocenters. The van der Waals surface area contributed by atoms with E-state index >= 15 is 0 Å². The van der Waals surface area contributed by atoms with Crippen molar-refractivity contribution in [2.24, 2.45) is 4.99 Å². The van der Waals surface area contributed by atoms with Crippen LogP contribution in [0.5, 0.6) is 0 Å². The van der Waals surface area contributed by atoms with Crippen molar-refractivity contribution in [3.05, 3.63) is 64.2 Å². The number of hydrogen-bond donors (Lipinski definition) is 1. The number of fused-ring (bicyclic) bond motifs is 2. The van der Waals surface area contributed by atoms with Crippen LogP contribution in [0.3, 0.4) is 0 Å². The van der Waals surface area contributed by atoms with Crippen LogP contribution in [0.15, 0.2) is 53.5 Å². The minimum atomic E-state index is -1.68. The number of hydrogen-bond acceptors (Lipinski definition) is 6. The number of aliphatic imine (C=N–C) groups is 1. The van der Waals surface area contributed by atoms with E-state index in [0.29, 0.717) is 6.54 Å². The summed E-state index contributed by atoms with van der Waals surface area (Å²) in [6.07, 6.45) is 0.232. The van der Waals surface area contributed by atoms with Crippen LogP contribution in [0.2, 0.25) is 0 Å². The van der Waals surface area contributed by atoms with E-state index in [1.54, 1.807) is 4.90 Å². The maximum Gasteiger partial charge on any atom is 0.271 e. The molecule has 1 saturated heterocycles. The van der Waals surface area contributed by atoms with E-state index < -0.39 is 16.3 Å². The molecule has 0 aliphatic carbocycles. The van der Waals surface area contributed by atoms with Gasteiger partial charge in [-0.25, -0.2) is 4.99 Å². The van der Waals surface area contributed by atoms with Gasteiger partial charge >= 0.3 is 0 Å². The fraction of sp³-hybridized carbons (Fsp3) is 0.176. The summed E-state index contributed by atoms with van der Waals surface area (Å²) >= 11 is 0. The number of carbonyl (C=O) groups excluding carboxylic acids is 1. The SMILES string of the molecule is O=C1c2ccc([N+](=O)[O-])cc2N=C2N(c3ccccc3)CC[C@@]12O. The summed E-state index contributed by atoms with van der Waals surface area (Å²) in [5.74, 6) is -0.234. The van der Waals surface area contributed by atoms with Gasteiger partial charge in [-0.3, -0.25) is 14.9 Å². The van der Waals surface area contributed by atoms with E-state index in [1.807, 2.05) is 30.3 Å². The number of rotatable bonds is 2. The number of Topliss-reactive ketones (excluding diaryl/α,β-unsaturated/α-hetero) is 1. The van der Waals surface area contributed by atoms with Gasteiger partial charge in [0.05, 0.1) is 10.6 Å². The number of benzene rings is 2. The number of nitro benzene ring substituents is 1. The van der Waals surface area contributed by atoms with Crippen molar-refractivity contribution in [2.75, 3.05) is 11.4 Å². The van der Waals surface area contributed by atoms with Crippen LogP contribution in [0.1, 0.15) is 16.8 Å². The predicted octanol–water partition coefficient (Wildman–Crippen LogP) is 2.46. The van der Waals surface area contributed by atoms with E-state index in [1.165, 1.54) is 18.2 Å². The highest BCUT2D eigenvalue weighted by molar-refractivity contribution is 6.28. The zero-order valence-corrected chi connectivity index (χ0v) is 12.5. The molecule has 2 heterocycles. The summed E-state index contributed by atoms with van der Waals surface area (Å²) in [5.41, 5.74) is -0.577. The summed E-state index contributed by atoms with van der Waals surface area (Å²) in [6, 6.07) is 13.2. The molecule has 7 heteroatoms. The molecule has 1 atom stereocenters. The van der Waals surface area contributed by atoms with Crippen LogP contribution in [0.25, 0.3) is 0 Å². The first-order valence-corrected chi connectivity index (χ1v) is 7.48. The summed E-state index contributed by atoms with van der Waals surface area (Å²) in [7, 11) is 0. The van der Waals surface area contributed by atoms with Gasteiger partial charge in [-0.05, 0) is 18.2 Å². The van der Waals surface area contributed by atoms with Gasteiger partial charge in [0.1, 0.15) is 5.84 Å². The topological polar surface area (TPSA) is 96.0 Å². The van der Waals surface area contributed by atoms with Crippen molar-refractivity contribution < 1.29 is 14.8 Å². The number of carbonyl (C=O) groups is 1. The molecule has 0 bridgehead atoms. The summed E-state index contributed by atoms with van der Waals surface area (Å²) in [4.78, 5) is 29.4. The Hall–Kier alpha value is -3.06. The Kier molecular flexibility index (Phi) is 3.01. The molecule has 0 saturated carbocycles. The molecule has 2 aromatic carbocycles. The molecule has 7 nitrogen and oxygen atoms in total. The minimum Gasteiger partial charge on any atom is -0.374 e. The first-order chi connectivity index (χ1) is 11.5. The molecule has 2 aromatic rings. The molecule has 4 rings (SSSR count). The van der Waals surface area contributed by atoms with Gasteiger partial charge in [0.2, 0.25) is 5.78 Å². The molecule has 0 spiro atoms. The molecule has 24 heavy (non-hydrogen) atoms. The second-order valence-electron chi connectivity index (χ2n) is 5.82. The van der Waals surface area contributed by atoms with Crippen molar-refractivity contribution in [3.63, 3.8) is 0 Å². The summed E-state index contributed by atoms with van der Waals surface area (Å²) in [5, 5.41) is 21.8. The van der Waals surface area contributed by atoms with Gasteiger partial charge in [-0.2, -0.15) is 0 Å². The highest BCUT2D eigenvalue weighted by Gasteiger charge is 2.52. The number of non-ortho nitro benzene ring substituents is 1. The molecule has 0 amide bonds. The molecule has 2 aliphatic rings. The van der Waals surface area contributed by atoms with E-state index in [4.69, 9.17) is 0 Å². The summed E-state index contributed by atoms with van der Waals surface area (Å²) in [6.45, 7) is 0.446. The number of amidine groups is 1. The van der Waals surface area contributed by atoms with Crippen LogP contribution in [-0.4, -0.2) is 33.8 Å². The van der Waals surface area contributed by atoms with Crippen LogP contribution in [0, 0.1) is 10.1 Å². The van der Waals surface area contributed by atoms with E-state index in [-0.39, 0.29) is 29.2 Å². The van der Waals surface area contributed by atoms with E-state index in [9.17, 15) is 20.0 Å². The molecular weight excluding hydrogens is 310 g/mol. The van der Waals surface area contributed by atoms with Crippen molar-refractivity contribution in [3.8, 4) is 0 Å². The van der Waals surface area contributed by atoms with Gasteiger partial charge in [0, 0.05) is 36.3 Å². The number of para-hydroxylation sites is 1. The van der Waals surface area contributed by atoms with Crippen molar-refractivity contribution in [2.45, 2.75) is 12.0 Å². The third kappa shape index (κ3) is 1.95. The standard InChI is InChI=1S/C17H13N3O4/c21-15-13-7-6-12(20(23)24)10-14(13)18-16-17(15,22)8-9-19(16)11-4-2-1-3-5-11/h1-7,10,22H,8-9H2/t17-/m1/s1. The maximum atomic E-state index is 12.8. The maximum absolute atomic E-state index is 12.8. The Morgan fingerprint density at radius 1 is 1.21 bits per heavy atom. The minimum absolute atomic E-state index is 0.138. The largest absolute Gasteiger partial charge is 0.374 e. The van der Waals surface area contributed by atoms with Crippen molar-refractivity contribution in [1.29, 1.82) is 0 Å². The zero-order valence-electron chi connectivity index (χ0n) is 12.5. The zero-order chi connectivity index (χ0) is 16.9. The quantitative estimate of drug-likeness (QED) is 0.676. The van der Waals surface area contributed by atoms with Crippen LogP contribution in [0.4, 0.5) is 17.1 Å². The Morgan fingerprint density at radius 3 is 2.67 bits per heavy atom. The monoisotopic (exact) mass is 323 g/mol. The van der Waals surface area contributed by atoms with Gasteiger partial charge in [0.15, 0.2) is 5.60 Å². The molecule has 1 fully saturated rings. The lowest BCUT2D eigenvalue weighted by atomic mass is 9.87. The lowest BCUT2D eigenvalue weighted by molar-refractivity contribution is -0.384. The lowest BCUT2D eigenvalue weighted by Crippen LogP contribution is -2.48. The fourth-order valence-electron chi connectivity index (χ4n) is 3.20. The van der Waals surface area contributed by atoms with Gasteiger partial charge in [-0.15, -0.1) is 0 Å². The number of anilines is 1. The fourth-order valence-corrected chi connectivity index (χ4v) is 3.20. The Balaban J connectivity index is 1.88. The number of aliphatic hydroxyl groups is 1. The molecule has 0 radical (unpaired) electrons. The third-order valence-electron chi connectivity index (χ3n) is 4.43. The van der Waals surface area contributed by atoms with Crippen molar-refractivity contribution >= 4 is 28.7 Å². The second kappa shape index (κ2) is 4.97. The average molecular weight is 323 g/mol. The highest BCUT2D eigenvalue weighted by atomic mass is 16.6. The van der Waals surface area contributed by atoms with E-state index in [2.05, 4.69) is 4.99 Å². The smallest absolute Gasteiger partial charge is 0.271 e. The van der Waals surface area contributed by atoms with E-state index in [0.717, 1.165) is 5.69 Å². The number of ketones is 1. The predicted molar refractivity (Wildman–Crippen MR) is 87.9 cm³/mol. The van der Waals surface area contributed by atoms with Crippen LogP contribution < -0.4 is 4.90 Å². The second-order valence-corrected chi connectivity index (χ2v) is 5.82. The first-order valence-electron chi connectivity index (χ1n) is 7.48. The molecular formula is C17H13N3O4. The first kappa shape index (κ1) is 14.5. The normalized spacial score (nSPS) is 22.0. The summed E-state index contributed by atoms with van der Waals surface area (Å²) < 4.78 is 0. The molecule has 2 aliphatic heterocycles. The highest BCUT2D eigenvalue weighted by Crippen LogP contribution is 2.40. The van der Waals surface area contributed by atoms with Gasteiger partial charge in [-0.1, -0.05) is 18.2 Å². The van der Waals surface area contributed by atoms with Crippen LogP contribution in [-0.2, 0) is 0 Å². The van der Waals surface area contributed by atoms with Crippen LogP contribution >= 0.6 is 0 Å². The molecule has 1 N–H and O–H groups in total. The number of nitro groups is 1. The Labute approximate surface area is 137 Å². The van der Waals surface area contributed by atoms with Gasteiger partial charge in [0.25, 0.3) is 5.69 Å². The number of nitrogens with zero attached hydrogens (tertiary/aromatic N) is 3. The molecule has 0 aromatic heterocycles.